The lowest BCUT2D eigenvalue weighted by molar-refractivity contribution is -0.124. The van der Waals surface area contributed by atoms with Gasteiger partial charge in [0.15, 0.2) is 0 Å². The van der Waals surface area contributed by atoms with Crippen molar-refractivity contribution in [2.24, 2.45) is 0 Å². The van der Waals surface area contributed by atoms with Crippen molar-refractivity contribution in [3.8, 4) is 0 Å². The maximum absolute atomic E-state index is 12.2. The van der Waals surface area contributed by atoms with Gasteiger partial charge in [-0.25, -0.2) is 8.42 Å². The Hall–Kier alpha value is -0.920. The molecule has 1 aliphatic rings. The van der Waals surface area contributed by atoms with Crippen molar-refractivity contribution < 1.29 is 13.2 Å². The van der Waals surface area contributed by atoms with Gasteiger partial charge >= 0.3 is 0 Å². The molecule has 2 rings (SSSR count). The molecule has 1 aromatic rings. The molecule has 0 radical (unpaired) electrons. The molecule has 1 aromatic carbocycles. The van der Waals surface area contributed by atoms with Crippen molar-refractivity contribution in [3.63, 3.8) is 0 Å². The molecule has 19 heavy (non-hydrogen) atoms. The Labute approximate surface area is 121 Å². The van der Waals surface area contributed by atoms with Gasteiger partial charge in [-0.15, -0.1) is 0 Å². The first kappa shape index (κ1) is 14.5. The smallest absolute Gasteiger partial charge is 0.241 e. The number of aryl methyl sites for hydroxylation is 1. The Morgan fingerprint density at radius 2 is 2.16 bits per heavy atom. The van der Waals surface area contributed by atoms with Crippen LogP contribution in [0.3, 0.4) is 0 Å². The van der Waals surface area contributed by atoms with Crippen molar-refractivity contribution in [3.05, 3.63) is 28.2 Å². The number of hydrogen-bond acceptors (Lipinski definition) is 3. The van der Waals surface area contributed by atoms with Crippen LogP contribution in [0.5, 0.6) is 0 Å². The van der Waals surface area contributed by atoms with Gasteiger partial charge in [0, 0.05) is 11.0 Å². The molecule has 1 atom stereocenters. The SMILES string of the molecule is Cc1cc(S(=O)(=O)NC2CCCNC2=O)ccc1Br. The zero-order chi connectivity index (χ0) is 14.0. The Kier molecular flexibility index (Phi) is 4.27. The molecular formula is C12H15BrN2O3S. The predicted octanol–water partition coefficient (Wildman–Crippen LogP) is 1.31. The summed E-state index contributed by atoms with van der Waals surface area (Å²) in [5.74, 6) is -0.261. The summed E-state index contributed by atoms with van der Waals surface area (Å²) < 4.78 is 27.7. The van der Waals surface area contributed by atoms with Gasteiger partial charge in [0.2, 0.25) is 15.9 Å². The monoisotopic (exact) mass is 346 g/mol. The minimum Gasteiger partial charge on any atom is -0.355 e. The van der Waals surface area contributed by atoms with Gasteiger partial charge in [-0.1, -0.05) is 15.9 Å². The molecule has 0 saturated carbocycles. The highest BCUT2D eigenvalue weighted by atomic mass is 79.9. The van der Waals surface area contributed by atoms with E-state index in [1.807, 2.05) is 6.92 Å². The van der Waals surface area contributed by atoms with Crippen molar-refractivity contribution in [1.82, 2.24) is 10.0 Å². The number of carbonyl (C=O) groups excluding carboxylic acids is 1. The molecule has 1 unspecified atom stereocenters. The van der Waals surface area contributed by atoms with Crippen LogP contribution >= 0.6 is 15.9 Å². The quantitative estimate of drug-likeness (QED) is 0.866. The number of piperidine rings is 1. The first-order chi connectivity index (χ1) is 8.90. The summed E-state index contributed by atoms with van der Waals surface area (Å²) in [6, 6.07) is 4.10. The van der Waals surface area contributed by atoms with Crippen LogP contribution in [0.2, 0.25) is 0 Å². The minimum absolute atomic E-state index is 0.173. The number of sulfonamides is 1. The normalized spacial score (nSPS) is 20.1. The van der Waals surface area contributed by atoms with Crippen LogP contribution in [0.4, 0.5) is 0 Å². The lowest BCUT2D eigenvalue weighted by atomic mass is 10.1. The summed E-state index contributed by atoms with van der Waals surface area (Å²) in [5, 5.41) is 2.65. The lowest BCUT2D eigenvalue weighted by Gasteiger charge is -2.22. The van der Waals surface area contributed by atoms with Crippen LogP contribution in [0.1, 0.15) is 18.4 Å². The average Bonchev–Trinajstić information content (AvgIpc) is 2.35. The van der Waals surface area contributed by atoms with Crippen LogP contribution in [0, 0.1) is 6.92 Å². The van der Waals surface area contributed by atoms with Gasteiger partial charge in [-0.2, -0.15) is 4.72 Å². The first-order valence-electron chi connectivity index (χ1n) is 5.96. The van der Waals surface area contributed by atoms with Crippen LogP contribution in [-0.4, -0.2) is 26.9 Å². The fourth-order valence-electron chi connectivity index (χ4n) is 1.92. The number of halogens is 1. The predicted molar refractivity (Wildman–Crippen MR) is 75.2 cm³/mol. The Balaban J connectivity index is 2.22. The summed E-state index contributed by atoms with van der Waals surface area (Å²) in [7, 11) is -3.66. The van der Waals surface area contributed by atoms with Crippen LogP contribution < -0.4 is 10.0 Å². The number of carbonyl (C=O) groups is 1. The topological polar surface area (TPSA) is 75.3 Å². The van der Waals surface area contributed by atoms with E-state index in [9.17, 15) is 13.2 Å². The molecule has 0 aromatic heterocycles. The summed E-state index contributed by atoms with van der Waals surface area (Å²) in [5.41, 5.74) is 0.830. The number of nitrogens with one attached hydrogen (secondary N) is 2. The van der Waals surface area contributed by atoms with Gasteiger partial charge in [-0.3, -0.25) is 4.79 Å². The van der Waals surface area contributed by atoms with Crippen LogP contribution in [0.15, 0.2) is 27.6 Å². The molecule has 1 amide bonds. The van der Waals surface area contributed by atoms with E-state index in [1.165, 1.54) is 6.07 Å². The van der Waals surface area contributed by atoms with Gasteiger partial charge in [0.1, 0.15) is 6.04 Å². The number of benzene rings is 1. The van der Waals surface area contributed by atoms with E-state index in [2.05, 4.69) is 26.0 Å². The molecule has 1 aliphatic heterocycles. The standard InChI is InChI=1S/C12H15BrN2O3S/c1-8-7-9(4-5-10(8)13)19(17,18)15-11-3-2-6-14-12(11)16/h4-5,7,11,15H,2-3,6H2,1H3,(H,14,16). The maximum Gasteiger partial charge on any atom is 0.241 e. The van der Waals surface area contributed by atoms with E-state index in [0.29, 0.717) is 13.0 Å². The van der Waals surface area contributed by atoms with E-state index in [0.717, 1.165) is 16.5 Å². The number of rotatable bonds is 3. The summed E-state index contributed by atoms with van der Waals surface area (Å²) in [4.78, 5) is 11.8. The van der Waals surface area contributed by atoms with Crippen molar-refractivity contribution in [1.29, 1.82) is 0 Å². The molecule has 5 nitrogen and oxygen atoms in total. The zero-order valence-corrected chi connectivity index (χ0v) is 12.8. The molecule has 2 N–H and O–H groups in total. The number of hydrogen-bond donors (Lipinski definition) is 2. The molecule has 104 valence electrons. The van der Waals surface area contributed by atoms with E-state index in [-0.39, 0.29) is 10.8 Å². The average molecular weight is 347 g/mol. The van der Waals surface area contributed by atoms with Gasteiger partial charge in [0.25, 0.3) is 0 Å². The van der Waals surface area contributed by atoms with Crippen molar-refractivity contribution in [2.45, 2.75) is 30.7 Å². The van der Waals surface area contributed by atoms with Gasteiger partial charge in [0.05, 0.1) is 4.90 Å². The van der Waals surface area contributed by atoms with Crippen molar-refractivity contribution in [2.75, 3.05) is 6.54 Å². The highest BCUT2D eigenvalue weighted by Crippen LogP contribution is 2.20. The largest absolute Gasteiger partial charge is 0.355 e. The Morgan fingerprint density at radius 1 is 1.42 bits per heavy atom. The van der Waals surface area contributed by atoms with Gasteiger partial charge < -0.3 is 5.32 Å². The molecule has 1 saturated heterocycles. The van der Waals surface area contributed by atoms with E-state index in [1.54, 1.807) is 12.1 Å². The maximum atomic E-state index is 12.2. The zero-order valence-electron chi connectivity index (χ0n) is 10.4. The lowest BCUT2D eigenvalue weighted by Crippen LogP contribution is -2.50. The van der Waals surface area contributed by atoms with Crippen molar-refractivity contribution >= 4 is 31.9 Å². The summed E-state index contributed by atoms with van der Waals surface area (Å²) in [6.07, 6.45) is 1.30. The van der Waals surface area contributed by atoms with Crippen LogP contribution in [0.25, 0.3) is 0 Å². The molecule has 0 bridgehead atoms. The molecule has 1 heterocycles. The Morgan fingerprint density at radius 3 is 2.79 bits per heavy atom. The van der Waals surface area contributed by atoms with E-state index < -0.39 is 16.1 Å². The molecular weight excluding hydrogens is 332 g/mol. The second kappa shape index (κ2) is 5.60. The first-order valence-corrected chi connectivity index (χ1v) is 8.24. The highest BCUT2D eigenvalue weighted by Gasteiger charge is 2.27. The van der Waals surface area contributed by atoms with Crippen LogP contribution in [-0.2, 0) is 14.8 Å². The Bertz CT molecular complexity index is 601. The minimum atomic E-state index is -3.66. The number of amides is 1. The van der Waals surface area contributed by atoms with E-state index >= 15 is 0 Å². The highest BCUT2D eigenvalue weighted by molar-refractivity contribution is 9.10. The molecule has 7 heteroatoms. The summed E-state index contributed by atoms with van der Waals surface area (Å²) >= 11 is 3.32. The fourth-order valence-corrected chi connectivity index (χ4v) is 3.49. The molecule has 1 fully saturated rings. The second-order valence-corrected chi connectivity index (χ2v) is 7.09. The molecule has 0 aliphatic carbocycles. The van der Waals surface area contributed by atoms with E-state index in [4.69, 9.17) is 0 Å². The second-order valence-electron chi connectivity index (χ2n) is 4.52. The molecule has 0 spiro atoms. The summed E-state index contributed by atoms with van der Waals surface area (Å²) in [6.45, 7) is 2.42. The fraction of sp³-hybridized carbons (Fsp3) is 0.417. The van der Waals surface area contributed by atoms with Gasteiger partial charge in [-0.05, 0) is 43.5 Å². The third-order valence-corrected chi connectivity index (χ3v) is 5.38. The third-order valence-electron chi connectivity index (χ3n) is 3.02. The third kappa shape index (κ3) is 3.34.